The average Bonchev–Trinajstić information content (AvgIpc) is 3.08. The van der Waals surface area contributed by atoms with Crippen molar-refractivity contribution in [3.05, 3.63) is 108 Å². The summed E-state index contributed by atoms with van der Waals surface area (Å²) in [5.74, 6) is 0.368. The molecule has 0 heterocycles. The predicted octanol–water partition coefficient (Wildman–Crippen LogP) is 7.96. The standard InChI is InChI=1S/C41H52O9/c1-10-13-27(4)24-41(6,45)40(44)30-19-21-33(36(23-30)48-9)50-37(25-42)38(31-16-12-17-34(46-7)39(31)43)29-18-20-32(35(22-29)47-8)49-28(5)15-11-14-26(2)3/h10,12,16-24,28,37-38,42-43,45H,1-2,11,13-15,25H2,3-9H3/b27-24+. The molecule has 0 aromatic heterocycles. The van der Waals surface area contributed by atoms with E-state index in [1.165, 1.54) is 39.4 Å². The van der Waals surface area contributed by atoms with Crippen LogP contribution in [0, 0.1) is 0 Å². The molecule has 0 aliphatic carbocycles. The summed E-state index contributed by atoms with van der Waals surface area (Å²) in [5.41, 5.74) is 1.47. The number of phenolic OH excluding ortho intramolecular Hbond substituents is 1. The molecule has 0 fully saturated rings. The molecule has 0 radical (unpaired) electrons. The molecular formula is C41H52O9. The summed E-state index contributed by atoms with van der Waals surface area (Å²) < 4.78 is 29.4. The molecule has 3 aromatic carbocycles. The maximum absolute atomic E-state index is 13.4. The second kappa shape index (κ2) is 18.3. The van der Waals surface area contributed by atoms with Crippen LogP contribution in [0.3, 0.4) is 0 Å². The number of aliphatic hydroxyl groups excluding tert-OH is 1. The van der Waals surface area contributed by atoms with Gasteiger partial charge in [-0.2, -0.15) is 0 Å². The van der Waals surface area contributed by atoms with Gasteiger partial charge in [-0.25, -0.2) is 0 Å². The molecule has 0 aliphatic heterocycles. The number of para-hydroxylation sites is 1. The topological polar surface area (TPSA) is 124 Å². The third-order valence-corrected chi connectivity index (χ3v) is 8.38. The van der Waals surface area contributed by atoms with Crippen molar-refractivity contribution in [2.24, 2.45) is 0 Å². The summed E-state index contributed by atoms with van der Waals surface area (Å²) in [6.45, 7) is 14.5. The number of methoxy groups -OCH3 is 3. The Morgan fingerprint density at radius 3 is 2.18 bits per heavy atom. The van der Waals surface area contributed by atoms with Crippen molar-refractivity contribution in [2.75, 3.05) is 27.9 Å². The van der Waals surface area contributed by atoms with Crippen molar-refractivity contribution >= 4 is 5.78 Å². The molecule has 0 amide bonds. The van der Waals surface area contributed by atoms with Crippen molar-refractivity contribution in [3.8, 4) is 34.5 Å². The number of benzene rings is 3. The number of carbonyl (C=O) groups is 1. The highest BCUT2D eigenvalue weighted by Crippen LogP contribution is 2.43. The summed E-state index contributed by atoms with van der Waals surface area (Å²) in [6.07, 6.45) is 5.42. The first-order valence-electron chi connectivity index (χ1n) is 16.7. The fourth-order valence-corrected chi connectivity index (χ4v) is 5.90. The van der Waals surface area contributed by atoms with E-state index < -0.39 is 30.0 Å². The van der Waals surface area contributed by atoms with Gasteiger partial charge in [0, 0.05) is 11.1 Å². The molecule has 3 N–H and O–H groups in total. The molecule has 0 bridgehead atoms. The van der Waals surface area contributed by atoms with Gasteiger partial charge in [0.05, 0.1) is 40.0 Å². The van der Waals surface area contributed by atoms with E-state index in [2.05, 4.69) is 13.2 Å². The third kappa shape index (κ3) is 10.2. The normalized spacial score (nSPS) is 14.5. The van der Waals surface area contributed by atoms with Crippen LogP contribution in [0.2, 0.25) is 0 Å². The smallest absolute Gasteiger partial charge is 0.198 e. The molecule has 9 heteroatoms. The van der Waals surface area contributed by atoms with Crippen molar-refractivity contribution in [2.45, 2.75) is 77.1 Å². The average molecular weight is 689 g/mol. The Labute approximate surface area is 296 Å². The number of allylic oxidation sites excluding steroid dienone is 3. The summed E-state index contributed by atoms with van der Waals surface area (Å²) in [6, 6.07) is 15.1. The minimum atomic E-state index is -1.76. The highest BCUT2D eigenvalue weighted by molar-refractivity contribution is 6.04. The minimum Gasteiger partial charge on any atom is -0.504 e. The van der Waals surface area contributed by atoms with Crippen molar-refractivity contribution < 1.29 is 43.8 Å². The van der Waals surface area contributed by atoms with E-state index in [1.807, 2.05) is 26.8 Å². The number of aliphatic hydroxyl groups is 2. The Morgan fingerprint density at radius 2 is 1.56 bits per heavy atom. The van der Waals surface area contributed by atoms with Gasteiger partial charge in [0.1, 0.15) is 11.7 Å². The van der Waals surface area contributed by atoms with Gasteiger partial charge in [-0.1, -0.05) is 35.4 Å². The van der Waals surface area contributed by atoms with Crippen molar-refractivity contribution in [1.29, 1.82) is 0 Å². The molecule has 50 heavy (non-hydrogen) atoms. The lowest BCUT2D eigenvalue weighted by Crippen LogP contribution is -2.33. The quantitative estimate of drug-likeness (QED) is 0.0801. The Balaban J connectivity index is 2.05. The zero-order valence-electron chi connectivity index (χ0n) is 30.3. The molecule has 0 saturated heterocycles. The van der Waals surface area contributed by atoms with Gasteiger partial charge in [0.2, 0.25) is 0 Å². The van der Waals surface area contributed by atoms with Gasteiger partial charge in [-0.3, -0.25) is 4.79 Å². The van der Waals surface area contributed by atoms with Crippen LogP contribution in [0.4, 0.5) is 0 Å². The van der Waals surface area contributed by atoms with Gasteiger partial charge in [0.25, 0.3) is 0 Å². The Bertz CT molecular complexity index is 1660. The van der Waals surface area contributed by atoms with E-state index in [1.54, 1.807) is 49.6 Å². The van der Waals surface area contributed by atoms with Gasteiger partial charge in [-0.15, -0.1) is 13.2 Å². The Morgan fingerprint density at radius 1 is 0.920 bits per heavy atom. The lowest BCUT2D eigenvalue weighted by molar-refractivity contribution is 0.0588. The van der Waals surface area contributed by atoms with Crippen LogP contribution in [0.1, 0.15) is 80.8 Å². The summed E-state index contributed by atoms with van der Waals surface area (Å²) in [5, 5.41) is 33.1. The maximum atomic E-state index is 13.4. The van der Waals surface area contributed by atoms with E-state index >= 15 is 0 Å². The first-order valence-corrected chi connectivity index (χ1v) is 16.7. The Hall–Kier alpha value is -4.73. The van der Waals surface area contributed by atoms with E-state index in [0.29, 0.717) is 29.0 Å². The lowest BCUT2D eigenvalue weighted by atomic mass is 9.85. The monoisotopic (exact) mass is 688 g/mol. The number of ketones is 1. The summed E-state index contributed by atoms with van der Waals surface area (Å²) in [4.78, 5) is 13.4. The third-order valence-electron chi connectivity index (χ3n) is 8.38. The van der Waals surface area contributed by atoms with E-state index in [0.717, 1.165) is 30.4 Å². The largest absolute Gasteiger partial charge is 0.504 e. The van der Waals surface area contributed by atoms with Crippen LogP contribution >= 0.6 is 0 Å². The molecule has 0 aliphatic rings. The van der Waals surface area contributed by atoms with Gasteiger partial charge >= 0.3 is 0 Å². The van der Waals surface area contributed by atoms with E-state index in [9.17, 15) is 20.1 Å². The number of carbonyl (C=O) groups excluding carboxylic acids is 1. The maximum Gasteiger partial charge on any atom is 0.198 e. The molecular weight excluding hydrogens is 636 g/mol. The van der Waals surface area contributed by atoms with Gasteiger partial charge in [-0.05, 0) is 101 Å². The van der Waals surface area contributed by atoms with E-state index in [4.69, 9.17) is 23.7 Å². The van der Waals surface area contributed by atoms with E-state index in [-0.39, 0.29) is 34.7 Å². The second-order valence-electron chi connectivity index (χ2n) is 12.7. The fourth-order valence-electron chi connectivity index (χ4n) is 5.90. The van der Waals surface area contributed by atoms with Crippen LogP contribution in [-0.2, 0) is 0 Å². The number of aromatic hydroxyl groups is 1. The Kier molecular flexibility index (Phi) is 14.5. The zero-order chi connectivity index (χ0) is 37.0. The van der Waals surface area contributed by atoms with Crippen LogP contribution in [-0.4, -0.2) is 66.8 Å². The van der Waals surface area contributed by atoms with Crippen molar-refractivity contribution in [1.82, 2.24) is 0 Å². The number of hydrogen-bond donors (Lipinski definition) is 3. The highest BCUT2D eigenvalue weighted by atomic mass is 16.5. The van der Waals surface area contributed by atoms with Gasteiger partial charge in [0.15, 0.2) is 40.3 Å². The zero-order valence-corrected chi connectivity index (χ0v) is 30.3. The second-order valence-corrected chi connectivity index (χ2v) is 12.7. The lowest BCUT2D eigenvalue weighted by Gasteiger charge is -2.29. The molecule has 0 spiro atoms. The molecule has 3 aromatic rings. The first kappa shape index (κ1) is 39.7. The van der Waals surface area contributed by atoms with Crippen LogP contribution < -0.4 is 23.7 Å². The molecule has 9 nitrogen and oxygen atoms in total. The van der Waals surface area contributed by atoms with Crippen LogP contribution in [0.15, 0.2) is 91.1 Å². The van der Waals surface area contributed by atoms with Gasteiger partial charge < -0.3 is 39.0 Å². The van der Waals surface area contributed by atoms with Crippen LogP contribution in [0.5, 0.6) is 34.5 Å². The van der Waals surface area contributed by atoms with Crippen LogP contribution in [0.25, 0.3) is 0 Å². The number of ether oxygens (including phenoxy) is 5. The molecule has 0 saturated carbocycles. The number of phenols is 1. The SMILES string of the molecule is C=CC/C(C)=C/C(C)(O)C(=O)c1ccc(OC(CO)C(c2ccc(OC(C)CCCC(=C)C)c(OC)c2)c2cccc(OC)c2O)c(OC)c1. The number of hydrogen-bond acceptors (Lipinski definition) is 9. The highest BCUT2D eigenvalue weighted by Gasteiger charge is 2.33. The minimum absolute atomic E-state index is 0.0703. The fraction of sp³-hybridized carbons (Fsp3) is 0.390. The number of Topliss-reactive ketones (excluding diaryl/α,β-unsaturated/α-hetero) is 1. The molecule has 3 rings (SSSR count). The first-order chi connectivity index (χ1) is 23.8. The molecule has 4 atom stereocenters. The summed E-state index contributed by atoms with van der Waals surface area (Å²) >= 11 is 0. The van der Waals surface area contributed by atoms with Crippen molar-refractivity contribution in [3.63, 3.8) is 0 Å². The predicted molar refractivity (Wildman–Crippen MR) is 196 cm³/mol. The molecule has 4 unspecified atom stereocenters. The summed E-state index contributed by atoms with van der Waals surface area (Å²) in [7, 11) is 4.45. The number of rotatable bonds is 20. The molecule has 270 valence electrons.